The summed E-state index contributed by atoms with van der Waals surface area (Å²) >= 11 is 7.63. The van der Waals surface area contributed by atoms with E-state index < -0.39 is 60.4 Å². The van der Waals surface area contributed by atoms with Gasteiger partial charge in [0.05, 0.1) is 22.8 Å². The summed E-state index contributed by atoms with van der Waals surface area (Å²) in [6, 6.07) is 25.6. The summed E-state index contributed by atoms with van der Waals surface area (Å²) in [5.74, 6) is -0.730. The molecule has 0 spiro atoms. The van der Waals surface area contributed by atoms with E-state index in [1.165, 1.54) is 40.6 Å². The number of anilines is 2. The van der Waals surface area contributed by atoms with Crippen molar-refractivity contribution in [1.29, 1.82) is 0 Å². The van der Waals surface area contributed by atoms with Crippen LogP contribution >= 0.6 is 31.0 Å². The molecule has 14 nitrogen and oxygen atoms in total. The van der Waals surface area contributed by atoms with E-state index in [-0.39, 0.29) is 29.5 Å². The highest BCUT2D eigenvalue weighted by atomic mass is 35.5. The Kier molecular flexibility index (Phi) is 20.0. The van der Waals surface area contributed by atoms with Gasteiger partial charge in [-0.3, -0.25) is 19.2 Å². The van der Waals surface area contributed by atoms with Gasteiger partial charge in [-0.2, -0.15) is 13.2 Å². The van der Waals surface area contributed by atoms with Gasteiger partial charge in [-0.05, 0) is 137 Å². The van der Waals surface area contributed by atoms with Crippen molar-refractivity contribution in [3.63, 3.8) is 0 Å². The first-order valence-corrected chi connectivity index (χ1v) is 31.8. The topological polar surface area (TPSA) is 158 Å². The Labute approximate surface area is 456 Å². The molecule has 3 aliphatic rings. The Morgan fingerprint density at radius 3 is 2.01 bits per heavy atom. The van der Waals surface area contributed by atoms with Gasteiger partial charge in [0.1, 0.15) is 11.2 Å². The van der Waals surface area contributed by atoms with E-state index in [0.717, 1.165) is 74.7 Å². The predicted molar refractivity (Wildman–Crippen MR) is 298 cm³/mol. The Morgan fingerprint density at radius 2 is 1.41 bits per heavy atom. The number of hydrogen-bond acceptors (Lipinski definition) is 14. The fraction of sp³-hybridized carbons (Fsp3) is 0.500. The van der Waals surface area contributed by atoms with Crippen molar-refractivity contribution in [2.24, 2.45) is 5.41 Å². The molecule has 1 amide bonds. The van der Waals surface area contributed by atoms with Crippen LogP contribution < -0.4 is 14.9 Å². The number of benzene rings is 4. The van der Waals surface area contributed by atoms with E-state index in [4.69, 9.17) is 20.6 Å². The zero-order valence-corrected chi connectivity index (χ0v) is 48.1. The lowest BCUT2D eigenvalue weighted by atomic mass is 9.73. The number of nitrogens with zero attached hydrogens (tertiary/aromatic N) is 4. The van der Waals surface area contributed by atoms with E-state index in [1.54, 1.807) is 39.8 Å². The van der Waals surface area contributed by atoms with Crippen LogP contribution in [0.5, 0.6) is 0 Å². The first kappa shape index (κ1) is 59.7. The van der Waals surface area contributed by atoms with E-state index in [0.29, 0.717) is 56.0 Å². The van der Waals surface area contributed by atoms with Crippen molar-refractivity contribution in [2.75, 3.05) is 87.7 Å². The normalized spacial score (nSPS) is 18.1. The smallest absolute Gasteiger partial charge is 0.380 e. The number of carbonyl (C=O) groups is 1. The van der Waals surface area contributed by atoms with E-state index in [2.05, 4.69) is 46.0 Å². The summed E-state index contributed by atoms with van der Waals surface area (Å²) in [6.45, 7) is 18.5. The third kappa shape index (κ3) is 16.3. The van der Waals surface area contributed by atoms with Gasteiger partial charge in [-0.25, -0.2) is 21.6 Å². The lowest BCUT2D eigenvalue weighted by molar-refractivity contribution is -0.0436. The van der Waals surface area contributed by atoms with Crippen molar-refractivity contribution < 1.29 is 48.4 Å². The molecule has 76 heavy (non-hydrogen) atoms. The van der Waals surface area contributed by atoms with Crippen molar-refractivity contribution >= 4 is 73.7 Å². The maximum absolute atomic E-state index is 14.4. The molecular formula is C54H71ClF3N6O8PS3. The van der Waals surface area contributed by atoms with Crippen LogP contribution in [0.1, 0.15) is 83.1 Å². The zero-order valence-electron chi connectivity index (χ0n) is 44.0. The van der Waals surface area contributed by atoms with Crippen molar-refractivity contribution in [3.05, 3.63) is 119 Å². The van der Waals surface area contributed by atoms with Crippen LogP contribution in [-0.2, 0) is 33.5 Å². The molecule has 1 aliphatic carbocycles. The summed E-state index contributed by atoms with van der Waals surface area (Å²) in [5, 5.41) is 3.73. The summed E-state index contributed by atoms with van der Waals surface area (Å²) < 4.78 is 124. The number of halogens is 4. The second-order valence-electron chi connectivity index (χ2n) is 21.1. The minimum atomic E-state index is -6.12. The number of sulfonamides is 1. The number of amides is 1. The van der Waals surface area contributed by atoms with E-state index in [9.17, 15) is 39.4 Å². The summed E-state index contributed by atoms with van der Waals surface area (Å²) in [5.41, 5.74) is -1.16. The Balaban J connectivity index is 1.01. The molecule has 2 aliphatic heterocycles. The van der Waals surface area contributed by atoms with Gasteiger partial charge in [-0.15, -0.1) is 11.8 Å². The van der Waals surface area contributed by atoms with Crippen molar-refractivity contribution in [3.8, 4) is 0 Å². The largest absolute Gasteiger partial charge is 0.501 e. The Morgan fingerprint density at radius 1 is 0.803 bits per heavy atom. The van der Waals surface area contributed by atoms with Crippen molar-refractivity contribution in [1.82, 2.24) is 19.4 Å². The molecule has 2 heterocycles. The average molecular weight is 1150 g/mol. The third-order valence-electron chi connectivity index (χ3n) is 13.7. The highest BCUT2D eigenvalue weighted by Crippen LogP contribution is 2.51. The SMILES string of the molecule is CC(C)OP(=O)(CN1CCN(CC[C@H](CSc2ccccc2)Nc2ccc(S(=O)(=O)NC(=O)c3ccc(N4CCN(CC5=C(c6ccc(Cl)cc6)CCC(C)(C)C5)CC4)cc3)cc2S(=O)(=O)C(F)(F)F)CC1)OC(C)C. The molecule has 1 atom stereocenters. The number of thioether (sulfide) groups is 1. The molecule has 2 N–H and O–H groups in total. The quantitative estimate of drug-likeness (QED) is 0.0566. The first-order valence-electron chi connectivity index (χ1n) is 25.7. The van der Waals surface area contributed by atoms with Crippen LogP contribution in [-0.4, -0.2) is 139 Å². The number of allylic oxidation sites excluding steroid dienone is 1. The molecule has 0 radical (unpaired) electrons. The zero-order chi connectivity index (χ0) is 55.1. The van der Waals surface area contributed by atoms with Gasteiger partial charge in [0, 0.05) is 98.4 Å². The number of sulfone groups is 1. The lowest BCUT2D eigenvalue weighted by Crippen LogP contribution is -2.47. The number of rotatable bonds is 22. The minimum Gasteiger partial charge on any atom is -0.380 e. The molecule has 0 bridgehead atoms. The van der Waals surface area contributed by atoms with Crippen LogP contribution in [0.3, 0.4) is 0 Å². The van der Waals surface area contributed by atoms with Gasteiger partial charge >= 0.3 is 13.1 Å². The molecule has 0 saturated carbocycles. The minimum absolute atomic E-state index is 0.0191. The third-order valence-corrected chi connectivity index (χ3v) is 20.2. The van der Waals surface area contributed by atoms with Crippen LogP contribution in [0.2, 0.25) is 5.02 Å². The van der Waals surface area contributed by atoms with Crippen LogP contribution in [0.25, 0.3) is 5.57 Å². The van der Waals surface area contributed by atoms with Crippen LogP contribution in [0.15, 0.2) is 117 Å². The highest BCUT2D eigenvalue weighted by molar-refractivity contribution is 7.99. The lowest BCUT2D eigenvalue weighted by Gasteiger charge is -2.39. The van der Waals surface area contributed by atoms with E-state index >= 15 is 0 Å². The van der Waals surface area contributed by atoms with Gasteiger partial charge < -0.3 is 24.2 Å². The molecule has 7 rings (SSSR count). The second-order valence-corrected chi connectivity index (χ2v) is 28.1. The first-order chi connectivity index (χ1) is 35.8. The Hall–Kier alpha value is -3.95. The highest BCUT2D eigenvalue weighted by Gasteiger charge is 2.48. The number of nitrogens with one attached hydrogen (secondary N) is 2. The summed E-state index contributed by atoms with van der Waals surface area (Å²) in [6.07, 6.45) is 3.02. The second kappa shape index (κ2) is 25.4. The fourth-order valence-electron chi connectivity index (χ4n) is 9.80. The molecule has 4 aromatic rings. The maximum atomic E-state index is 14.4. The molecular weight excluding hydrogens is 1080 g/mol. The maximum Gasteiger partial charge on any atom is 0.501 e. The van der Waals surface area contributed by atoms with Gasteiger partial charge in [-0.1, -0.05) is 61.4 Å². The van der Waals surface area contributed by atoms with Crippen molar-refractivity contribution in [2.45, 2.75) is 106 Å². The number of carbonyl (C=O) groups excluding carboxylic acids is 1. The molecule has 416 valence electrons. The van der Waals surface area contributed by atoms with Gasteiger partial charge in [0.2, 0.25) is 0 Å². The monoisotopic (exact) mass is 1150 g/mol. The number of piperazine rings is 2. The molecule has 0 unspecified atom stereocenters. The summed E-state index contributed by atoms with van der Waals surface area (Å²) in [4.78, 5) is 21.0. The van der Waals surface area contributed by atoms with Gasteiger partial charge in [0.25, 0.3) is 25.8 Å². The fourth-order valence-corrected chi connectivity index (χ4v) is 15.2. The number of hydrogen-bond donors (Lipinski definition) is 2. The van der Waals surface area contributed by atoms with Gasteiger partial charge in [0.15, 0.2) is 0 Å². The molecule has 2 saturated heterocycles. The standard InChI is InChI=1S/C54H71ClF3N6O8PS3/c1-39(2)71-73(66,72-40(3)4)38-63-28-26-61(27-29-63)25-23-45(37-74-47-10-8-7-9-11-47)59-50-21-20-48(34-51(50)75(67,68)54(56,57)58)76(69,70)60-52(65)42-14-18-46(19-15-42)64-32-30-62(31-33-64)36-43-35-53(5,6)24-22-49(43)41-12-16-44(55)17-13-41/h7-21,34,39-40,45,59H,22-33,35-38H2,1-6H3,(H,60,65)/t45-/m1/s1. The van der Waals surface area contributed by atoms with E-state index in [1.807, 2.05) is 52.1 Å². The van der Waals surface area contributed by atoms with Crippen LogP contribution in [0.4, 0.5) is 24.5 Å². The predicted octanol–water partition coefficient (Wildman–Crippen LogP) is 11.1. The molecule has 2 fully saturated rings. The van der Waals surface area contributed by atoms with Crippen LogP contribution in [0, 0.1) is 5.41 Å². The molecule has 0 aromatic heterocycles. The summed E-state index contributed by atoms with van der Waals surface area (Å²) in [7, 11) is -14.4. The number of alkyl halides is 3. The molecule has 22 heteroatoms. The average Bonchev–Trinajstić information content (AvgIpc) is 3.37. The Bertz CT molecular complexity index is 2910. The molecule has 4 aromatic carbocycles.